The van der Waals surface area contributed by atoms with Gasteiger partial charge in [-0.2, -0.15) is 0 Å². The first kappa shape index (κ1) is 10.7. The number of hydrogen-bond donors (Lipinski definition) is 1. The number of aryl methyl sites for hydroxylation is 1. The van der Waals surface area contributed by atoms with Gasteiger partial charge in [-0.1, -0.05) is 13.8 Å². The quantitative estimate of drug-likeness (QED) is 0.900. The molecule has 1 aromatic rings. The van der Waals surface area contributed by atoms with E-state index in [2.05, 4.69) is 15.9 Å². The van der Waals surface area contributed by atoms with Crippen LogP contribution in [0.3, 0.4) is 0 Å². The van der Waals surface area contributed by atoms with E-state index in [1.54, 1.807) is 0 Å². The lowest BCUT2D eigenvalue weighted by Gasteiger charge is -2.13. The lowest BCUT2D eigenvalue weighted by molar-refractivity contribution is -0.141. The van der Waals surface area contributed by atoms with Gasteiger partial charge in [0.2, 0.25) is 0 Å². The molecule has 0 bridgehead atoms. The molecule has 1 unspecified atom stereocenters. The van der Waals surface area contributed by atoms with Crippen LogP contribution < -0.4 is 0 Å². The molecule has 1 heterocycles. The Hall–Kier alpha value is -0.770. The van der Waals surface area contributed by atoms with Crippen molar-refractivity contribution in [1.82, 2.24) is 0 Å². The average Bonchev–Trinajstić information content (AvgIpc) is 2.50. The van der Waals surface area contributed by atoms with E-state index in [0.717, 1.165) is 5.56 Å². The summed E-state index contributed by atoms with van der Waals surface area (Å²) in [6, 6.07) is 1.81. The summed E-state index contributed by atoms with van der Waals surface area (Å²) in [5.41, 5.74) is -0.154. The summed E-state index contributed by atoms with van der Waals surface area (Å²) in [5.74, 6) is -0.204. The van der Waals surface area contributed by atoms with E-state index in [0.29, 0.717) is 16.9 Å². The molecular weight excluding hydrogens is 260 g/mol. The van der Waals surface area contributed by atoms with E-state index in [9.17, 15) is 9.90 Å². The van der Waals surface area contributed by atoms with Crippen molar-refractivity contribution in [2.75, 3.05) is 0 Å². The molecule has 1 aliphatic rings. The zero-order valence-corrected chi connectivity index (χ0v) is 10.5. The number of carboxylic acid groups (broad SMARTS) is 1. The average molecular weight is 273 g/mol. The largest absolute Gasteiger partial charge is 0.480 e. The Balaban J connectivity index is 2.54. The zero-order valence-electron chi connectivity index (χ0n) is 8.93. The first-order chi connectivity index (χ1) is 6.81. The highest BCUT2D eigenvalue weighted by atomic mass is 79.9. The molecule has 0 aliphatic heterocycles. The van der Waals surface area contributed by atoms with Gasteiger partial charge in [0.1, 0.15) is 11.2 Å². The standard InChI is InChI=1S/C11H13BrO3/c1-6-4-7(12)15-8(6)11(9(13)14)5-10(11,2)3/h4H,5H2,1-3H3,(H,13,14). The highest BCUT2D eigenvalue weighted by Crippen LogP contribution is 2.65. The molecular formula is C11H13BrO3. The first-order valence-corrected chi connectivity index (χ1v) is 5.60. The Morgan fingerprint density at radius 2 is 2.13 bits per heavy atom. The van der Waals surface area contributed by atoms with Crippen LogP contribution in [0.2, 0.25) is 0 Å². The van der Waals surface area contributed by atoms with Gasteiger partial charge < -0.3 is 9.52 Å². The fourth-order valence-corrected chi connectivity index (χ4v) is 2.84. The van der Waals surface area contributed by atoms with Gasteiger partial charge in [0.25, 0.3) is 0 Å². The number of halogens is 1. The second-order valence-corrected chi connectivity index (χ2v) is 5.62. The van der Waals surface area contributed by atoms with Gasteiger partial charge in [-0.15, -0.1) is 0 Å². The fraction of sp³-hybridized carbons (Fsp3) is 0.545. The maximum absolute atomic E-state index is 11.4. The monoisotopic (exact) mass is 272 g/mol. The van der Waals surface area contributed by atoms with Gasteiger partial charge in [0.15, 0.2) is 4.67 Å². The van der Waals surface area contributed by atoms with Crippen molar-refractivity contribution in [3.8, 4) is 0 Å². The molecule has 0 aromatic carbocycles. The van der Waals surface area contributed by atoms with E-state index in [1.165, 1.54) is 0 Å². The van der Waals surface area contributed by atoms with Crippen molar-refractivity contribution in [2.45, 2.75) is 32.6 Å². The van der Waals surface area contributed by atoms with Gasteiger partial charge in [0, 0.05) is 0 Å². The van der Waals surface area contributed by atoms with Gasteiger partial charge in [-0.3, -0.25) is 4.79 Å². The van der Waals surface area contributed by atoms with Crippen LogP contribution in [-0.2, 0) is 10.2 Å². The molecule has 4 heteroatoms. The molecule has 0 amide bonds. The van der Waals surface area contributed by atoms with Crippen molar-refractivity contribution < 1.29 is 14.3 Å². The van der Waals surface area contributed by atoms with Crippen LogP contribution in [0.4, 0.5) is 0 Å². The maximum atomic E-state index is 11.4. The van der Waals surface area contributed by atoms with Crippen molar-refractivity contribution in [1.29, 1.82) is 0 Å². The normalized spacial score (nSPS) is 27.7. The minimum atomic E-state index is -0.830. The van der Waals surface area contributed by atoms with Crippen LogP contribution in [0.15, 0.2) is 15.2 Å². The molecule has 82 valence electrons. The summed E-state index contributed by atoms with van der Waals surface area (Å²) in [7, 11) is 0. The van der Waals surface area contributed by atoms with Crippen molar-refractivity contribution in [3.05, 3.63) is 22.1 Å². The molecule has 1 aliphatic carbocycles. The molecule has 2 rings (SSSR count). The molecule has 1 aromatic heterocycles. The SMILES string of the molecule is Cc1cc(Br)oc1C1(C(=O)O)CC1(C)C. The zero-order chi connectivity index (χ0) is 11.4. The van der Waals surface area contributed by atoms with Crippen molar-refractivity contribution in [2.24, 2.45) is 5.41 Å². The Bertz CT molecular complexity index is 433. The van der Waals surface area contributed by atoms with Crippen molar-refractivity contribution >= 4 is 21.9 Å². The number of carbonyl (C=O) groups is 1. The summed E-state index contributed by atoms with van der Waals surface area (Å²) in [4.78, 5) is 11.4. The lowest BCUT2D eigenvalue weighted by Crippen LogP contribution is -2.25. The van der Waals surface area contributed by atoms with Crippen LogP contribution in [0, 0.1) is 12.3 Å². The Morgan fingerprint density at radius 3 is 2.40 bits per heavy atom. The van der Waals surface area contributed by atoms with E-state index in [1.807, 2.05) is 26.8 Å². The fourth-order valence-electron chi connectivity index (χ4n) is 2.34. The molecule has 3 nitrogen and oxygen atoms in total. The predicted octanol–water partition coefficient (Wildman–Crippen LogP) is 3.10. The third-order valence-electron chi connectivity index (χ3n) is 3.38. The topological polar surface area (TPSA) is 50.4 Å². The third kappa shape index (κ3) is 1.27. The molecule has 1 N–H and O–H groups in total. The van der Waals surface area contributed by atoms with E-state index >= 15 is 0 Å². The van der Waals surface area contributed by atoms with Crippen LogP contribution in [-0.4, -0.2) is 11.1 Å². The Morgan fingerprint density at radius 1 is 1.60 bits per heavy atom. The van der Waals surface area contributed by atoms with Crippen molar-refractivity contribution in [3.63, 3.8) is 0 Å². The number of carboxylic acids is 1. The molecule has 0 saturated heterocycles. The summed E-state index contributed by atoms with van der Waals surface area (Å²) in [6.45, 7) is 5.79. The minimum Gasteiger partial charge on any atom is -0.480 e. The summed E-state index contributed by atoms with van der Waals surface area (Å²) >= 11 is 3.23. The Labute approximate surface area is 96.6 Å². The second-order valence-electron chi connectivity index (χ2n) is 4.83. The van der Waals surface area contributed by atoms with Gasteiger partial charge in [-0.25, -0.2) is 0 Å². The molecule has 1 atom stereocenters. The number of rotatable bonds is 2. The van der Waals surface area contributed by atoms with Gasteiger partial charge >= 0.3 is 5.97 Å². The Kier molecular flexibility index (Phi) is 2.06. The number of furan rings is 1. The second kappa shape index (κ2) is 2.88. The first-order valence-electron chi connectivity index (χ1n) is 4.81. The van der Waals surface area contributed by atoms with Gasteiger partial charge in [0.05, 0.1) is 0 Å². The smallest absolute Gasteiger partial charge is 0.317 e. The third-order valence-corrected chi connectivity index (χ3v) is 3.77. The predicted molar refractivity (Wildman–Crippen MR) is 58.9 cm³/mol. The maximum Gasteiger partial charge on any atom is 0.317 e. The molecule has 0 radical (unpaired) electrons. The van der Waals surface area contributed by atoms with Gasteiger partial charge in [-0.05, 0) is 46.3 Å². The number of aliphatic carboxylic acids is 1. The van der Waals surface area contributed by atoms with E-state index < -0.39 is 11.4 Å². The highest BCUT2D eigenvalue weighted by molar-refractivity contribution is 9.10. The highest BCUT2D eigenvalue weighted by Gasteiger charge is 2.70. The van der Waals surface area contributed by atoms with E-state index in [4.69, 9.17) is 4.42 Å². The van der Waals surface area contributed by atoms with Crippen LogP contribution in [0.1, 0.15) is 31.6 Å². The van der Waals surface area contributed by atoms with Crippen LogP contribution in [0.25, 0.3) is 0 Å². The summed E-state index contributed by atoms with van der Waals surface area (Å²) < 4.78 is 6.07. The molecule has 0 spiro atoms. The lowest BCUT2D eigenvalue weighted by atomic mass is 9.91. The molecule has 1 fully saturated rings. The van der Waals surface area contributed by atoms with E-state index in [-0.39, 0.29) is 5.41 Å². The number of hydrogen-bond acceptors (Lipinski definition) is 2. The minimum absolute atomic E-state index is 0.221. The summed E-state index contributed by atoms with van der Waals surface area (Å²) in [5, 5.41) is 9.35. The molecule has 15 heavy (non-hydrogen) atoms. The van der Waals surface area contributed by atoms with Crippen LogP contribution >= 0.6 is 15.9 Å². The summed E-state index contributed by atoms with van der Waals surface area (Å²) in [6.07, 6.45) is 0.635. The molecule has 1 saturated carbocycles. The van der Waals surface area contributed by atoms with Crippen LogP contribution in [0.5, 0.6) is 0 Å².